The van der Waals surface area contributed by atoms with Crippen LogP contribution in [0.4, 0.5) is 8.78 Å². The van der Waals surface area contributed by atoms with Gasteiger partial charge in [-0.15, -0.1) is 22.7 Å². The Bertz CT molecular complexity index is 433. The van der Waals surface area contributed by atoms with Crippen molar-refractivity contribution >= 4 is 38.6 Å². The first-order chi connectivity index (χ1) is 6.18. The summed E-state index contributed by atoms with van der Waals surface area (Å²) in [5.74, 6) is -0.739. The number of thiophene rings is 2. The van der Waals surface area contributed by atoms with E-state index in [2.05, 4.69) is 15.9 Å². The van der Waals surface area contributed by atoms with E-state index in [0.717, 1.165) is 0 Å². The highest BCUT2D eigenvalue weighted by Gasteiger charge is 2.14. The van der Waals surface area contributed by atoms with Crippen LogP contribution in [0.1, 0.15) is 0 Å². The molecule has 0 amide bonds. The molecule has 2 heterocycles. The van der Waals surface area contributed by atoms with E-state index in [4.69, 9.17) is 0 Å². The van der Waals surface area contributed by atoms with Gasteiger partial charge in [-0.2, -0.15) is 0 Å². The van der Waals surface area contributed by atoms with Crippen molar-refractivity contribution in [2.45, 2.75) is 0 Å². The van der Waals surface area contributed by atoms with Gasteiger partial charge in [0.25, 0.3) is 0 Å². The zero-order valence-electron chi connectivity index (χ0n) is 6.18. The van der Waals surface area contributed by atoms with Crippen LogP contribution in [-0.4, -0.2) is 0 Å². The van der Waals surface area contributed by atoms with Crippen molar-refractivity contribution in [2.24, 2.45) is 0 Å². The normalized spacial score (nSPS) is 10.7. The lowest BCUT2D eigenvalue weighted by Gasteiger charge is -1.91. The molecular formula is C8H3BrF2S2. The third-order valence-electron chi connectivity index (χ3n) is 1.48. The van der Waals surface area contributed by atoms with Crippen LogP contribution in [0.3, 0.4) is 0 Å². The predicted molar refractivity (Wildman–Crippen MR) is 55.2 cm³/mol. The van der Waals surface area contributed by atoms with Gasteiger partial charge in [0.15, 0.2) is 0 Å². The minimum Gasteiger partial charge on any atom is -0.205 e. The Kier molecular flexibility index (Phi) is 2.49. The summed E-state index contributed by atoms with van der Waals surface area (Å²) < 4.78 is 26.9. The second-order valence-electron chi connectivity index (χ2n) is 2.33. The molecule has 0 N–H and O–H groups in total. The van der Waals surface area contributed by atoms with Gasteiger partial charge in [0.05, 0.1) is 13.5 Å². The summed E-state index contributed by atoms with van der Waals surface area (Å²) in [6, 6.07) is 2.69. The van der Waals surface area contributed by atoms with Crippen molar-refractivity contribution in [3.05, 3.63) is 32.9 Å². The number of hydrogen-bond acceptors (Lipinski definition) is 2. The molecule has 2 rings (SSSR count). The summed E-state index contributed by atoms with van der Waals surface area (Å²) in [7, 11) is 0. The molecule has 0 unspecified atom stereocenters. The molecule has 0 saturated carbocycles. The van der Waals surface area contributed by atoms with Crippen molar-refractivity contribution in [3.8, 4) is 9.75 Å². The molecule has 2 aromatic rings. The predicted octanol–water partition coefficient (Wildman–Crippen LogP) is 4.52. The lowest BCUT2D eigenvalue weighted by atomic mass is 10.3. The number of rotatable bonds is 1. The Morgan fingerprint density at radius 3 is 2.38 bits per heavy atom. The van der Waals surface area contributed by atoms with Gasteiger partial charge in [-0.1, -0.05) is 0 Å². The van der Waals surface area contributed by atoms with E-state index in [9.17, 15) is 8.78 Å². The average molecular weight is 281 g/mol. The fourth-order valence-electron chi connectivity index (χ4n) is 0.951. The van der Waals surface area contributed by atoms with E-state index < -0.39 is 0 Å². The fraction of sp³-hybridized carbons (Fsp3) is 0. The molecular weight excluding hydrogens is 278 g/mol. The zero-order chi connectivity index (χ0) is 9.42. The third-order valence-corrected chi connectivity index (χ3v) is 4.15. The molecule has 0 aliphatic carbocycles. The van der Waals surface area contributed by atoms with Gasteiger partial charge in [-0.3, -0.25) is 0 Å². The van der Waals surface area contributed by atoms with Crippen LogP contribution >= 0.6 is 38.6 Å². The van der Waals surface area contributed by atoms with Gasteiger partial charge >= 0.3 is 0 Å². The van der Waals surface area contributed by atoms with Crippen molar-refractivity contribution in [2.75, 3.05) is 0 Å². The van der Waals surface area contributed by atoms with Gasteiger partial charge in [0, 0.05) is 0 Å². The first kappa shape index (κ1) is 9.30. The van der Waals surface area contributed by atoms with Crippen molar-refractivity contribution in [3.63, 3.8) is 0 Å². The number of halogens is 3. The highest BCUT2D eigenvalue weighted by Crippen LogP contribution is 2.38. The van der Waals surface area contributed by atoms with Crippen LogP contribution in [-0.2, 0) is 0 Å². The highest BCUT2D eigenvalue weighted by molar-refractivity contribution is 9.11. The van der Waals surface area contributed by atoms with Gasteiger partial charge < -0.3 is 0 Å². The molecule has 13 heavy (non-hydrogen) atoms. The van der Waals surface area contributed by atoms with E-state index in [-0.39, 0.29) is 11.6 Å². The Morgan fingerprint density at radius 2 is 1.92 bits per heavy atom. The van der Waals surface area contributed by atoms with E-state index in [0.29, 0.717) is 13.5 Å². The summed E-state index contributed by atoms with van der Waals surface area (Å²) in [6.45, 7) is 0. The van der Waals surface area contributed by atoms with Crippen molar-refractivity contribution < 1.29 is 8.78 Å². The van der Waals surface area contributed by atoms with Gasteiger partial charge in [0.1, 0.15) is 11.6 Å². The Morgan fingerprint density at radius 1 is 1.15 bits per heavy atom. The molecule has 2 aromatic heterocycles. The summed E-state index contributed by atoms with van der Waals surface area (Å²) in [6.07, 6.45) is 0. The van der Waals surface area contributed by atoms with E-state index in [1.807, 2.05) is 0 Å². The molecule has 0 spiro atoms. The monoisotopic (exact) mass is 280 g/mol. The van der Waals surface area contributed by atoms with Crippen LogP contribution < -0.4 is 0 Å². The standard InChI is InChI=1S/C8H3BrF2S2/c9-6-3-5(11)8(13-6)7-4(10)1-2-12-7/h1-3H. The van der Waals surface area contributed by atoms with Gasteiger partial charge in [0.2, 0.25) is 0 Å². The maximum Gasteiger partial charge on any atom is 0.143 e. The maximum atomic E-state index is 13.2. The molecule has 0 bridgehead atoms. The number of hydrogen-bond donors (Lipinski definition) is 0. The molecule has 5 heteroatoms. The van der Waals surface area contributed by atoms with Gasteiger partial charge in [-0.05, 0) is 33.4 Å². The molecule has 0 aromatic carbocycles. The van der Waals surface area contributed by atoms with Gasteiger partial charge in [-0.25, -0.2) is 8.78 Å². The van der Waals surface area contributed by atoms with Crippen molar-refractivity contribution in [1.29, 1.82) is 0 Å². The van der Waals surface area contributed by atoms with Crippen LogP contribution in [0.5, 0.6) is 0 Å². The summed E-state index contributed by atoms with van der Waals surface area (Å²) in [5, 5.41) is 1.61. The molecule has 0 fully saturated rings. The quantitative estimate of drug-likeness (QED) is 0.721. The minimum atomic E-state index is -0.377. The molecule has 0 radical (unpaired) electrons. The van der Waals surface area contributed by atoms with Crippen molar-refractivity contribution in [1.82, 2.24) is 0 Å². The van der Waals surface area contributed by atoms with Crippen LogP contribution in [0.25, 0.3) is 9.75 Å². The smallest absolute Gasteiger partial charge is 0.143 e. The molecule has 68 valence electrons. The first-order valence-electron chi connectivity index (χ1n) is 3.36. The van der Waals surface area contributed by atoms with E-state index in [1.165, 1.54) is 34.8 Å². The minimum absolute atomic E-state index is 0.361. The zero-order valence-corrected chi connectivity index (χ0v) is 9.40. The molecule has 0 aliphatic heterocycles. The lowest BCUT2D eigenvalue weighted by molar-refractivity contribution is 0.623. The van der Waals surface area contributed by atoms with Crippen LogP contribution in [0, 0.1) is 11.6 Å². The lowest BCUT2D eigenvalue weighted by Crippen LogP contribution is -1.74. The topological polar surface area (TPSA) is 0 Å². The third kappa shape index (κ3) is 1.68. The van der Waals surface area contributed by atoms with Crippen LogP contribution in [0.2, 0.25) is 0 Å². The molecule has 0 atom stereocenters. The second kappa shape index (κ2) is 3.48. The molecule has 0 saturated heterocycles. The Labute approximate surface area is 90.0 Å². The fourth-order valence-corrected chi connectivity index (χ4v) is 3.32. The van der Waals surface area contributed by atoms with E-state index >= 15 is 0 Å². The molecule has 0 nitrogen and oxygen atoms in total. The van der Waals surface area contributed by atoms with E-state index in [1.54, 1.807) is 5.38 Å². The highest BCUT2D eigenvalue weighted by atomic mass is 79.9. The maximum absolute atomic E-state index is 13.2. The Balaban J connectivity index is 2.58. The SMILES string of the molecule is Fc1ccsc1-c1sc(Br)cc1F. The largest absolute Gasteiger partial charge is 0.205 e. The summed E-state index contributed by atoms with van der Waals surface area (Å²) in [5.41, 5.74) is 0. The Hall–Kier alpha value is -0.260. The molecule has 0 aliphatic rings. The van der Waals surface area contributed by atoms with Crippen LogP contribution in [0.15, 0.2) is 21.3 Å². The summed E-state index contributed by atoms with van der Waals surface area (Å²) >= 11 is 5.56. The first-order valence-corrected chi connectivity index (χ1v) is 5.85. The summed E-state index contributed by atoms with van der Waals surface area (Å²) in [4.78, 5) is 0.729. The average Bonchev–Trinajstić information content (AvgIpc) is 2.58. The second-order valence-corrected chi connectivity index (χ2v) is 5.67.